The van der Waals surface area contributed by atoms with E-state index in [-0.39, 0.29) is 12.5 Å². The van der Waals surface area contributed by atoms with Crippen molar-refractivity contribution in [3.63, 3.8) is 0 Å². The van der Waals surface area contributed by atoms with Crippen LogP contribution >= 0.6 is 0 Å². The van der Waals surface area contributed by atoms with Gasteiger partial charge in [0, 0.05) is 29.5 Å². The molecule has 116 valence electrons. The van der Waals surface area contributed by atoms with Gasteiger partial charge in [0.15, 0.2) is 0 Å². The largest absolute Gasteiger partial charge is 0.493 e. The normalized spacial score (nSPS) is 15.1. The molecule has 0 aromatic heterocycles. The van der Waals surface area contributed by atoms with E-state index in [1.165, 1.54) is 12.8 Å². The number of nitrogens with zero attached hydrogens (tertiary/aromatic N) is 1. The number of anilines is 2. The molecule has 1 aromatic rings. The molecular formula is C16H25N3O2. The van der Waals surface area contributed by atoms with E-state index in [0.717, 1.165) is 30.7 Å². The maximum absolute atomic E-state index is 11.4. The number of benzene rings is 1. The fourth-order valence-electron chi connectivity index (χ4n) is 2.89. The topological polar surface area (TPSA) is 81.6 Å². The summed E-state index contributed by atoms with van der Waals surface area (Å²) in [7, 11) is 0. The number of rotatable bonds is 7. The van der Waals surface area contributed by atoms with Crippen molar-refractivity contribution in [2.24, 2.45) is 5.73 Å². The van der Waals surface area contributed by atoms with Crippen LogP contribution in [0.3, 0.4) is 0 Å². The predicted molar refractivity (Wildman–Crippen MR) is 85.4 cm³/mol. The highest BCUT2D eigenvalue weighted by Crippen LogP contribution is 2.32. The molecule has 5 nitrogen and oxygen atoms in total. The number of carbonyl (C=O) groups is 1. The van der Waals surface area contributed by atoms with Gasteiger partial charge in [-0.2, -0.15) is 0 Å². The number of hydrogen-bond acceptors (Lipinski definition) is 4. The molecule has 0 atom stereocenters. The van der Waals surface area contributed by atoms with E-state index in [4.69, 9.17) is 16.2 Å². The molecule has 0 spiro atoms. The van der Waals surface area contributed by atoms with E-state index >= 15 is 0 Å². The second-order valence-corrected chi connectivity index (χ2v) is 5.64. The van der Waals surface area contributed by atoms with Crippen LogP contribution in [0.2, 0.25) is 0 Å². The molecule has 1 aliphatic carbocycles. The van der Waals surface area contributed by atoms with Crippen LogP contribution in [0.25, 0.3) is 0 Å². The number of hydrogen-bond donors (Lipinski definition) is 2. The van der Waals surface area contributed by atoms with Crippen LogP contribution in [-0.2, 0) is 4.79 Å². The minimum Gasteiger partial charge on any atom is -0.493 e. The van der Waals surface area contributed by atoms with Crippen LogP contribution in [0.5, 0.6) is 5.75 Å². The summed E-state index contributed by atoms with van der Waals surface area (Å²) in [6.07, 6.45) is 5.51. The smallest absolute Gasteiger partial charge is 0.236 e. The molecule has 0 saturated heterocycles. The van der Waals surface area contributed by atoms with E-state index in [2.05, 4.69) is 11.8 Å². The fraction of sp³-hybridized carbons (Fsp3) is 0.562. The van der Waals surface area contributed by atoms with Crippen LogP contribution in [-0.4, -0.2) is 25.1 Å². The molecule has 1 aliphatic rings. The summed E-state index contributed by atoms with van der Waals surface area (Å²) in [5.41, 5.74) is 13.0. The Hall–Kier alpha value is -1.91. The van der Waals surface area contributed by atoms with Crippen molar-refractivity contribution in [3.8, 4) is 5.75 Å². The van der Waals surface area contributed by atoms with Crippen molar-refractivity contribution >= 4 is 17.3 Å². The molecule has 0 unspecified atom stereocenters. The number of ether oxygens (including phenoxy) is 1. The number of nitrogen functional groups attached to an aromatic ring is 1. The van der Waals surface area contributed by atoms with Crippen LogP contribution in [0.1, 0.15) is 39.0 Å². The van der Waals surface area contributed by atoms with Gasteiger partial charge in [0.05, 0.1) is 13.2 Å². The fourth-order valence-corrected chi connectivity index (χ4v) is 2.89. The summed E-state index contributed by atoms with van der Waals surface area (Å²) >= 11 is 0. The highest BCUT2D eigenvalue weighted by atomic mass is 16.5. The molecule has 4 N–H and O–H groups in total. The van der Waals surface area contributed by atoms with E-state index in [1.807, 2.05) is 18.2 Å². The van der Waals surface area contributed by atoms with Crippen molar-refractivity contribution in [2.75, 3.05) is 23.8 Å². The van der Waals surface area contributed by atoms with Gasteiger partial charge in [0.1, 0.15) is 5.75 Å². The summed E-state index contributed by atoms with van der Waals surface area (Å²) in [5, 5.41) is 0. The van der Waals surface area contributed by atoms with Crippen molar-refractivity contribution < 1.29 is 9.53 Å². The Kier molecular flexibility index (Phi) is 5.31. The van der Waals surface area contributed by atoms with Crippen LogP contribution in [0, 0.1) is 0 Å². The lowest BCUT2D eigenvalue weighted by atomic mass is 10.1. The second-order valence-electron chi connectivity index (χ2n) is 5.64. The van der Waals surface area contributed by atoms with Gasteiger partial charge < -0.3 is 21.1 Å². The lowest BCUT2D eigenvalue weighted by Gasteiger charge is -2.30. The zero-order chi connectivity index (χ0) is 15.2. The van der Waals surface area contributed by atoms with Gasteiger partial charge in [-0.3, -0.25) is 4.79 Å². The molecule has 5 heteroatoms. The van der Waals surface area contributed by atoms with Gasteiger partial charge >= 0.3 is 0 Å². The minimum absolute atomic E-state index is 0.224. The van der Waals surface area contributed by atoms with Gasteiger partial charge in [0.2, 0.25) is 5.91 Å². The number of primary amides is 1. The maximum atomic E-state index is 11.4. The van der Waals surface area contributed by atoms with Crippen LogP contribution < -0.4 is 21.1 Å². The number of nitrogens with two attached hydrogens (primary N) is 2. The third-order valence-corrected chi connectivity index (χ3v) is 3.81. The van der Waals surface area contributed by atoms with Gasteiger partial charge in [-0.15, -0.1) is 0 Å². The Morgan fingerprint density at radius 3 is 2.67 bits per heavy atom. The molecule has 0 heterocycles. The number of amides is 1. The molecule has 0 bridgehead atoms. The molecule has 0 radical (unpaired) electrons. The highest BCUT2D eigenvalue weighted by Gasteiger charge is 2.24. The van der Waals surface area contributed by atoms with E-state index < -0.39 is 0 Å². The SMILES string of the molecule is CCCOc1cc(N)cc(N(CC(N)=O)C2CCCC2)c1. The molecule has 0 aliphatic heterocycles. The standard InChI is InChI=1S/C16H25N3O2/c1-2-7-21-15-9-12(17)8-14(10-15)19(11-16(18)20)13-5-3-4-6-13/h8-10,13H,2-7,11,17H2,1H3,(H2,18,20). The molecule has 21 heavy (non-hydrogen) atoms. The van der Waals surface area contributed by atoms with E-state index in [1.54, 1.807) is 0 Å². The zero-order valence-corrected chi connectivity index (χ0v) is 12.7. The third-order valence-electron chi connectivity index (χ3n) is 3.81. The summed E-state index contributed by atoms with van der Waals surface area (Å²) in [4.78, 5) is 13.5. The minimum atomic E-state index is -0.319. The molecule has 1 aromatic carbocycles. The van der Waals surface area contributed by atoms with Crippen LogP contribution in [0.4, 0.5) is 11.4 Å². The summed E-state index contributed by atoms with van der Waals surface area (Å²) in [6.45, 7) is 2.94. The quantitative estimate of drug-likeness (QED) is 0.755. The lowest BCUT2D eigenvalue weighted by Crippen LogP contribution is -2.40. The Morgan fingerprint density at radius 2 is 2.05 bits per heavy atom. The van der Waals surface area contributed by atoms with Gasteiger partial charge in [-0.05, 0) is 25.3 Å². The molecular weight excluding hydrogens is 266 g/mol. The Bertz CT molecular complexity index is 484. The van der Waals surface area contributed by atoms with Crippen molar-refractivity contribution in [1.82, 2.24) is 0 Å². The van der Waals surface area contributed by atoms with E-state index in [9.17, 15) is 4.79 Å². The second kappa shape index (κ2) is 7.20. The van der Waals surface area contributed by atoms with Gasteiger partial charge in [0.25, 0.3) is 0 Å². The summed E-state index contributed by atoms with van der Waals surface area (Å²) < 4.78 is 5.67. The lowest BCUT2D eigenvalue weighted by molar-refractivity contribution is -0.116. The van der Waals surface area contributed by atoms with Crippen LogP contribution in [0.15, 0.2) is 18.2 Å². The number of carbonyl (C=O) groups excluding carboxylic acids is 1. The highest BCUT2D eigenvalue weighted by molar-refractivity contribution is 5.80. The Morgan fingerprint density at radius 1 is 1.33 bits per heavy atom. The first kappa shape index (κ1) is 15.5. The van der Waals surface area contributed by atoms with E-state index in [0.29, 0.717) is 18.3 Å². The van der Waals surface area contributed by atoms with Gasteiger partial charge in [-0.1, -0.05) is 19.8 Å². The molecule has 1 saturated carbocycles. The maximum Gasteiger partial charge on any atom is 0.236 e. The predicted octanol–water partition coefficient (Wildman–Crippen LogP) is 2.29. The average molecular weight is 291 g/mol. The zero-order valence-electron chi connectivity index (χ0n) is 12.7. The first-order valence-electron chi connectivity index (χ1n) is 7.68. The monoisotopic (exact) mass is 291 g/mol. The first-order chi connectivity index (χ1) is 10.1. The van der Waals surface area contributed by atoms with Gasteiger partial charge in [-0.25, -0.2) is 0 Å². The summed E-state index contributed by atoms with van der Waals surface area (Å²) in [6, 6.07) is 6.02. The summed E-state index contributed by atoms with van der Waals surface area (Å²) in [5.74, 6) is 0.430. The Balaban J connectivity index is 2.24. The molecule has 1 fully saturated rings. The molecule has 2 rings (SSSR count). The van der Waals surface area contributed by atoms with Crippen molar-refractivity contribution in [1.29, 1.82) is 0 Å². The first-order valence-corrected chi connectivity index (χ1v) is 7.68. The molecule has 1 amide bonds. The third kappa shape index (κ3) is 4.28. The Labute approximate surface area is 126 Å². The van der Waals surface area contributed by atoms with Crippen molar-refractivity contribution in [2.45, 2.75) is 45.1 Å². The van der Waals surface area contributed by atoms with Crippen molar-refractivity contribution in [3.05, 3.63) is 18.2 Å². The average Bonchev–Trinajstić information content (AvgIpc) is 2.95.